The number of hydrogen-bond donors (Lipinski definition) is 0. The molecule has 0 unspecified atom stereocenters. The van der Waals surface area contributed by atoms with Crippen molar-refractivity contribution in [1.29, 1.82) is 0 Å². The van der Waals surface area contributed by atoms with E-state index in [1.54, 1.807) is 0 Å². The van der Waals surface area contributed by atoms with Crippen LogP contribution < -0.4 is 0 Å². The average Bonchev–Trinajstić information content (AvgIpc) is 2.00. The van der Waals surface area contributed by atoms with Crippen molar-refractivity contribution >= 4 is 12.1 Å². The second-order valence-electron chi connectivity index (χ2n) is 2.27. The normalized spacial score (nSPS) is 8.83. The monoisotopic (exact) mass is 172 g/mol. The first-order chi connectivity index (χ1) is 5.57. The number of ether oxygens (including phenoxy) is 2. The minimum atomic E-state index is -0.968. The molecule has 0 fully saturated rings. The summed E-state index contributed by atoms with van der Waals surface area (Å²) in [5, 5.41) is 0. The van der Waals surface area contributed by atoms with Gasteiger partial charge in [-0.25, -0.2) is 9.59 Å². The van der Waals surface area contributed by atoms with E-state index in [1.165, 1.54) is 6.92 Å². The molecule has 0 aromatic carbocycles. The van der Waals surface area contributed by atoms with Crippen LogP contribution in [-0.4, -0.2) is 18.7 Å². The molecule has 0 aliphatic carbocycles. The molecule has 0 spiro atoms. The highest BCUT2D eigenvalue weighted by Crippen LogP contribution is 1.95. The van der Waals surface area contributed by atoms with Crippen LogP contribution in [0, 0.1) is 0 Å². The fraction of sp³-hybridized carbons (Fsp3) is 0.500. The maximum atomic E-state index is 10.7. The molecular formula is C8H12O4. The number of esters is 1. The molecule has 4 heteroatoms. The largest absolute Gasteiger partial charge is 0.516 e. The average molecular weight is 172 g/mol. The van der Waals surface area contributed by atoms with Crippen LogP contribution in [0.5, 0.6) is 0 Å². The van der Waals surface area contributed by atoms with Crippen molar-refractivity contribution in [3.05, 3.63) is 12.2 Å². The molecule has 0 aromatic rings. The highest BCUT2D eigenvalue weighted by molar-refractivity contribution is 5.93. The Labute approximate surface area is 71.2 Å². The van der Waals surface area contributed by atoms with Gasteiger partial charge in [0.2, 0.25) is 0 Å². The lowest BCUT2D eigenvalue weighted by molar-refractivity contribution is -0.135. The van der Waals surface area contributed by atoms with Crippen molar-refractivity contribution in [2.75, 3.05) is 6.61 Å². The van der Waals surface area contributed by atoms with Gasteiger partial charge < -0.3 is 9.47 Å². The van der Waals surface area contributed by atoms with Crippen LogP contribution in [0.25, 0.3) is 0 Å². The van der Waals surface area contributed by atoms with E-state index < -0.39 is 12.1 Å². The first-order valence-corrected chi connectivity index (χ1v) is 3.62. The van der Waals surface area contributed by atoms with Crippen molar-refractivity contribution in [3.63, 3.8) is 0 Å². The second-order valence-corrected chi connectivity index (χ2v) is 2.27. The summed E-state index contributed by atoms with van der Waals surface area (Å²) in [6.07, 6.45) is -0.277. The summed E-state index contributed by atoms with van der Waals surface area (Å²) in [7, 11) is 0. The van der Waals surface area contributed by atoms with Gasteiger partial charge in [-0.15, -0.1) is 0 Å². The van der Waals surface area contributed by atoms with Gasteiger partial charge in [-0.1, -0.05) is 13.5 Å². The quantitative estimate of drug-likeness (QED) is 0.369. The van der Waals surface area contributed by atoms with E-state index in [4.69, 9.17) is 0 Å². The number of rotatable bonds is 3. The van der Waals surface area contributed by atoms with Gasteiger partial charge in [0.25, 0.3) is 0 Å². The molecule has 0 aromatic heterocycles. The third-order valence-electron chi connectivity index (χ3n) is 0.949. The minimum absolute atomic E-state index is 0.170. The zero-order valence-corrected chi connectivity index (χ0v) is 7.25. The molecule has 68 valence electrons. The molecule has 0 N–H and O–H groups in total. The first kappa shape index (κ1) is 10.7. The molecule has 0 amide bonds. The standard InChI is InChI=1S/C8H12O4/c1-4-5-11-8(10)12-7(9)6(2)3/h2,4-5H2,1,3H3. The Bertz CT molecular complexity index is 195. The van der Waals surface area contributed by atoms with E-state index in [-0.39, 0.29) is 12.2 Å². The second kappa shape index (κ2) is 5.35. The molecule has 0 rings (SSSR count). The highest BCUT2D eigenvalue weighted by atomic mass is 16.7. The topological polar surface area (TPSA) is 52.6 Å². The molecule has 0 heterocycles. The lowest BCUT2D eigenvalue weighted by atomic mass is 10.4. The zero-order chi connectivity index (χ0) is 9.56. The molecule has 0 aliphatic rings. The van der Waals surface area contributed by atoms with Gasteiger partial charge in [0.15, 0.2) is 0 Å². The predicted molar refractivity (Wildman–Crippen MR) is 42.5 cm³/mol. The minimum Gasteiger partial charge on any atom is -0.434 e. The van der Waals surface area contributed by atoms with Crippen molar-refractivity contribution in [2.45, 2.75) is 20.3 Å². The smallest absolute Gasteiger partial charge is 0.434 e. The maximum Gasteiger partial charge on any atom is 0.516 e. The van der Waals surface area contributed by atoms with Crippen LogP contribution in [0.4, 0.5) is 4.79 Å². The summed E-state index contributed by atoms with van der Waals surface area (Å²) in [6.45, 7) is 6.85. The third-order valence-corrected chi connectivity index (χ3v) is 0.949. The van der Waals surface area contributed by atoms with Crippen LogP contribution in [0.1, 0.15) is 20.3 Å². The van der Waals surface area contributed by atoms with Crippen LogP contribution in [0.2, 0.25) is 0 Å². The Morgan fingerprint density at radius 3 is 2.42 bits per heavy atom. The van der Waals surface area contributed by atoms with E-state index in [0.29, 0.717) is 6.42 Å². The molecule has 0 radical (unpaired) electrons. The third kappa shape index (κ3) is 4.49. The Balaban J connectivity index is 3.69. The Hall–Kier alpha value is -1.32. The van der Waals surface area contributed by atoms with Crippen LogP contribution >= 0.6 is 0 Å². The number of carbonyl (C=O) groups is 2. The molecular weight excluding hydrogens is 160 g/mol. The van der Waals surface area contributed by atoms with Crippen molar-refractivity contribution < 1.29 is 19.1 Å². The first-order valence-electron chi connectivity index (χ1n) is 3.62. The van der Waals surface area contributed by atoms with E-state index in [1.807, 2.05) is 6.92 Å². The van der Waals surface area contributed by atoms with E-state index in [9.17, 15) is 9.59 Å². The Morgan fingerprint density at radius 1 is 1.42 bits per heavy atom. The van der Waals surface area contributed by atoms with Gasteiger partial charge in [-0.05, 0) is 13.3 Å². The Kier molecular flexibility index (Phi) is 4.76. The van der Waals surface area contributed by atoms with Gasteiger partial charge >= 0.3 is 12.1 Å². The van der Waals surface area contributed by atoms with E-state index in [0.717, 1.165) is 0 Å². The molecule has 12 heavy (non-hydrogen) atoms. The van der Waals surface area contributed by atoms with Crippen molar-refractivity contribution in [3.8, 4) is 0 Å². The highest BCUT2D eigenvalue weighted by Gasteiger charge is 2.10. The fourth-order valence-corrected chi connectivity index (χ4v) is 0.378. The summed E-state index contributed by atoms with van der Waals surface area (Å²) in [4.78, 5) is 21.3. The van der Waals surface area contributed by atoms with Gasteiger partial charge in [-0.2, -0.15) is 0 Å². The maximum absolute atomic E-state index is 10.7. The summed E-state index contributed by atoms with van der Waals surface area (Å²) < 4.78 is 8.70. The summed E-state index contributed by atoms with van der Waals surface area (Å²) in [5.74, 6) is -0.754. The van der Waals surface area contributed by atoms with Gasteiger partial charge in [0, 0.05) is 5.57 Å². The van der Waals surface area contributed by atoms with Crippen molar-refractivity contribution in [1.82, 2.24) is 0 Å². The molecule has 0 aliphatic heterocycles. The van der Waals surface area contributed by atoms with E-state index in [2.05, 4.69) is 16.1 Å². The molecule has 4 nitrogen and oxygen atoms in total. The summed E-state index contributed by atoms with van der Waals surface area (Å²) >= 11 is 0. The number of carbonyl (C=O) groups excluding carboxylic acids is 2. The van der Waals surface area contributed by atoms with Gasteiger partial charge in [0.05, 0.1) is 6.61 Å². The predicted octanol–water partition coefficient (Wildman–Crippen LogP) is 1.65. The lowest BCUT2D eigenvalue weighted by Crippen LogP contribution is -2.14. The van der Waals surface area contributed by atoms with E-state index >= 15 is 0 Å². The lowest BCUT2D eigenvalue weighted by Gasteiger charge is -2.01. The molecule has 0 bridgehead atoms. The molecule has 0 atom stereocenters. The molecule has 0 saturated carbocycles. The summed E-state index contributed by atoms with van der Waals surface area (Å²) in [6, 6.07) is 0. The zero-order valence-electron chi connectivity index (χ0n) is 7.25. The number of hydrogen-bond acceptors (Lipinski definition) is 4. The molecule has 0 saturated heterocycles. The van der Waals surface area contributed by atoms with Crippen LogP contribution in [0.3, 0.4) is 0 Å². The van der Waals surface area contributed by atoms with Crippen LogP contribution in [0.15, 0.2) is 12.2 Å². The summed E-state index contributed by atoms with van der Waals surface area (Å²) in [5.41, 5.74) is 0.170. The van der Waals surface area contributed by atoms with Gasteiger partial charge in [0.1, 0.15) is 0 Å². The van der Waals surface area contributed by atoms with Crippen LogP contribution in [-0.2, 0) is 14.3 Å². The fourth-order valence-electron chi connectivity index (χ4n) is 0.378. The Morgan fingerprint density at radius 2 is 2.00 bits per heavy atom. The van der Waals surface area contributed by atoms with Crippen molar-refractivity contribution in [2.24, 2.45) is 0 Å². The SMILES string of the molecule is C=C(C)C(=O)OC(=O)OCCC. The van der Waals surface area contributed by atoms with Gasteiger partial charge in [-0.3, -0.25) is 0 Å².